The maximum Gasteiger partial charge on any atom is 0.228 e. The number of nitrogens with two attached hydrogens (primary N) is 1. The first-order valence-corrected chi connectivity index (χ1v) is 5.58. The van der Waals surface area contributed by atoms with E-state index in [4.69, 9.17) is 10.5 Å². The summed E-state index contributed by atoms with van der Waals surface area (Å²) >= 11 is 0. The first-order chi connectivity index (χ1) is 7.70. The summed E-state index contributed by atoms with van der Waals surface area (Å²) in [5.74, 6) is 1.88. The number of rotatable bonds is 2. The Morgan fingerprint density at radius 3 is 3.06 bits per heavy atom. The van der Waals surface area contributed by atoms with Crippen molar-refractivity contribution in [2.75, 3.05) is 25.1 Å². The van der Waals surface area contributed by atoms with Gasteiger partial charge in [-0.05, 0) is 12.3 Å². The highest BCUT2D eigenvalue weighted by Crippen LogP contribution is 2.20. The highest BCUT2D eigenvalue weighted by molar-refractivity contribution is 5.33. The lowest BCUT2D eigenvalue weighted by molar-refractivity contribution is 0.371. The van der Waals surface area contributed by atoms with Crippen LogP contribution in [-0.4, -0.2) is 36.2 Å². The molecule has 0 bridgehead atoms. The molecule has 1 aromatic rings. The molecule has 5 nitrogen and oxygen atoms in total. The second-order valence-electron chi connectivity index (χ2n) is 4.27. The van der Waals surface area contributed by atoms with Crippen molar-refractivity contribution in [3.8, 4) is 5.88 Å². The van der Waals surface area contributed by atoms with Crippen molar-refractivity contribution in [3.63, 3.8) is 0 Å². The van der Waals surface area contributed by atoms with E-state index < -0.39 is 0 Å². The number of aromatic nitrogens is 2. The van der Waals surface area contributed by atoms with Gasteiger partial charge in [0.15, 0.2) is 0 Å². The van der Waals surface area contributed by atoms with Gasteiger partial charge in [-0.2, -0.15) is 4.98 Å². The average Bonchev–Trinajstić information content (AvgIpc) is 2.33. The van der Waals surface area contributed by atoms with Gasteiger partial charge in [0.25, 0.3) is 0 Å². The van der Waals surface area contributed by atoms with Gasteiger partial charge >= 0.3 is 0 Å². The Kier molecular flexibility index (Phi) is 3.24. The summed E-state index contributed by atoms with van der Waals surface area (Å²) < 4.78 is 5.08. The van der Waals surface area contributed by atoms with Gasteiger partial charge in [-0.15, -0.1) is 0 Å². The van der Waals surface area contributed by atoms with Crippen LogP contribution >= 0.6 is 0 Å². The van der Waals surface area contributed by atoms with Crippen LogP contribution in [0.2, 0.25) is 0 Å². The van der Waals surface area contributed by atoms with E-state index in [0.29, 0.717) is 17.7 Å². The van der Waals surface area contributed by atoms with E-state index in [0.717, 1.165) is 19.5 Å². The predicted molar refractivity (Wildman–Crippen MR) is 62.6 cm³/mol. The van der Waals surface area contributed by atoms with Crippen molar-refractivity contribution in [1.29, 1.82) is 0 Å². The van der Waals surface area contributed by atoms with Crippen LogP contribution in [0.25, 0.3) is 0 Å². The lowest BCUT2D eigenvalue weighted by Crippen LogP contribution is -2.48. The summed E-state index contributed by atoms with van der Waals surface area (Å²) in [6, 6.07) is 1.94. The molecule has 0 saturated carbocycles. The summed E-state index contributed by atoms with van der Waals surface area (Å²) in [6.07, 6.45) is 2.80. The maximum absolute atomic E-state index is 6.05. The van der Waals surface area contributed by atoms with E-state index in [1.54, 1.807) is 19.4 Å². The van der Waals surface area contributed by atoms with Crippen LogP contribution in [-0.2, 0) is 0 Å². The fourth-order valence-corrected chi connectivity index (χ4v) is 1.88. The molecule has 5 heteroatoms. The molecule has 0 aliphatic carbocycles. The first kappa shape index (κ1) is 11.1. The van der Waals surface area contributed by atoms with E-state index in [-0.39, 0.29) is 6.04 Å². The van der Waals surface area contributed by atoms with E-state index in [1.807, 2.05) is 0 Å². The molecular formula is C11H18N4O. The first-order valence-electron chi connectivity index (χ1n) is 5.58. The molecule has 1 aromatic heterocycles. The zero-order chi connectivity index (χ0) is 11.5. The number of piperidine rings is 1. The number of hydrogen-bond acceptors (Lipinski definition) is 5. The smallest absolute Gasteiger partial charge is 0.228 e. The van der Waals surface area contributed by atoms with Crippen LogP contribution in [0.4, 0.5) is 5.95 Å². The third-order valence-corrected chi connectivity index (χ3v) is 3.13. The average molecular weight is 222 g/mol. The van der Waals surface area contributed by atoms with E-state index in [2.05, 4.69) is 21.8 Å². The molecule has 2 rings (SSSR count). The van der Waals surface area contributed by atoms with E-state index in [1.165, 1.54) is 0 Å². The van der Waals surface area contributed by atoms with Crippen LogP contribution in [0.5, 0.6) is 5.88 Å². The normalized spacial score (nSPS) is 25.6. The molecule has 0 spiro atoms. The SMILES string of the molecule is COc1ccnc(N2CCC(C)C(N)C2)n1. The fraction of sp³-hybridized carbons (Fsp3) is 0.636. The number of anilines is 1. The van der Waals surface area contributed by atoms with Crippen molar-refractivity contribution in [3.05, 3.63) is 12.3 Å². The predicted octanol–water partition coefficient (Wildman–Crippen LogP) is 0.659. The van der Waals surface area contributed by atoms with Gasteiger partial charge in [-0.3, -0.25) is 0 Å². The van der Waals surface area contributed by atoms with Crippen molar-refractivity contribution in [1.82, 2.24) is 9.97 Å². The molecule has 2 N–H and O–H groups in total. The Hall–Kier alpha value is -1.36. The monoisotopic (exact) mass is 222 g/mol. The van der Waals surface area contributed by atoms with E-state index in [9.17, 15) is 0 Å². The molecule has 0 aromatic carbocycles. The number of nitrogens with zero attached hydrogens (tertiary/aromatic N) is 3. The van der Waals surface area contributed by atoms with Gasteiger partial charge in [0.1, 0.15) is 0 Å². The Bertz CT molecular complexity index is 358. The van der Waals surface area contributed by atoms with Crippen LogP contribution < -0.4 is 15.4 Å². The number of methoxy groups -OCH3 is 1. The minimum atomic E-state index is 0.198. The summed E-state index contributed by atoms with van der Waals surface area (Å²) in [5.41, 5.74) is 6.05. The maximum atomic E-state index is 6.05. The summed E-state index contributed by atoms with van der Waals surface area (Å²) in [7, 11) is 1.61. The molecule has 0 amide bonds. The standard InChI is InChI=1S/C11H18N4O/c1-8-4-6-15(7-9(8)12)11-13-5-3-10(14-11)16-2/h3,5,8-9H,4,6-7,12H2,1-2H3. The number of ether oxygens (including phenoxy) is 1. The van der Waals surface area contributed by atoms with Gasteiger partial charge < -0.3 is 15.4 Å². The van der Waals surface area contributed by atoms with Gasteiger partial charge in [-0.25, -0.2) is 4.98 Å². The molecule has 2 heterocycles. The van der Waals surface area contributed by atoms with E-state index >= 15 is 0 Å². The van der Waals surface area contributed by atoms with Crippen LogP contribution in [0.15, 0.2) is 12.3 Å². The Morgan fingerprint density at radius 1 is 1.56 bits per heavy atom. The second-order valence-corrected chi connectivity index (χ2v) is 4.27. The lowest BCUT2D eigenvalue weighted by atomic mass is 9.95. The zero-order valence-corrected chi connectivity index (χ0v) is 9.76. The van der Waals surface area contributed by atoms with Gasteiger partial charge in [0.05, 0.1) is 7.11 Å². The molecule has 2 unspecified atom stereocenters. The summed E-state index contributed by atoms with van der Waals surface area (Å²) in [5, 5.41) is 0. The van der Waals surface area contributed by atoms with Crippen LogP contribution in [0.1, 0.15) is 13.3 Å². The molecular weight excluding hydrogens is 204 g/mol. The molecule has 0 radical (unpaired) electrons. The van der Waals surface area contributed by atoms with Crippen molar-refractivity contribution >= 4 is 5.95 Å². The minimum absolute atomic E-state index is 0.198. The van der Waals surface area contributed by atoms with Crippen molar-refractivity contribution in [2.45, 2.75) is 19.4 Å². The molecule has 88 valence electrons. The van der Waals surface area contributed by atoms with Crippen LogP contribution in [0.3, 0.4) is 0 Å². The minimum Gasteiger partial charge on any atom is -0.481 e. The highest BCUT2D eigenvalue weighted by Gasteiger charge is 2.24. The van der Waals surface area contributed by atoms with Gasteiger partial charge in [0.2, 0.25) is 11.8 Å². The second kappa shape index (κ2) is 4.65. The molecule has 16 heavy (non-hydrogen) atoms. The lowest BCUT2D eigenvalue weighted by Gasteiger charge is -2.34. The van der Waals surface area contributed by atoms with Gasteiger partial charge in [-0.1, -0.05) is 6.92 Å². The molecule has 2 atom stereocenters. The third kappa shape index (κ3) is 2.24. The number of hydrogen-bond donors (Lipinski definition) is 1. The van der Waals surface area contributed by atoms with Crippen molar-refractivity contribution in [2.24, 2.45) is 11.7 Å². The molecule has 1 saturated heterocycles. The Labute approximate surface area is 95.6 Å². The topological polar surface area (TPSA) is 64.3 Å². The fourth-order valence-electron chi connectivity index (χ4n) is 1.88. The Morgan fingerprint density at radius 2 is 2.38 bits per heavy atom. The molecule has 1 fully saturated rings. The summed E-state index contributed by atoms with van der Waals surface area (Å²) in [6.45, 7) is 3.96. The van der Waals surface area contributed by atoms with Crippen molar-refractivity contribution < 1.29 is 4.74 Å². The van der Waals surface area contributed by atoms with Gasteiger partial charge in [0, 0.05) is 31.4 Å². The summed E-state index contributed by atoms with van der Waals surface area (Å²) in [4.78, 5) is 10.7. The molecule has 1 aliphatic rings. The Balaban J connectivity index is 2.12. The third-order valence-electron chi connectivity index (χ3n) is 3.13. The zero-order valence-electron chi connectivity index (χ0n) is 9.76. The quantitative estimate of drug-likeness (QED) is 0.796. The highest BCUT2D eigenvalue weighted by atomic mass is 16.5. The largest absolute Gasteiger partial charge is 0.481 e. The molecule has 1 aliphatic heterocycles. The van der Waals surface area contributed by atoms with Crippen LogP contribution in [0, 0.1) is 5.92 Å².